The van der Waals surface area contributed by atoms with Gasteiger partial charge in [0.25, 0.3) is 0 Å². The number of hydrogen-bond donors (Lipinski definition) is 2. The Labute approximate surface area is 125 Å². The Kier molecular flexibility index (Phi) is 7.94. The van der Waals surface area contributed by atoms with Crippen LogP contribution in [0.15, 0.2) is 12.3 Å². The lowest BCUT2D eigenvalue weighted by molar-refractivity contribution is -0.119. The predicted molar refractivity (Wildman–Crippen MR) is 80.3 cm³/mol. The Morgan fingerprint density at radius 3 is 2.65 bits per heavy atom. The van der Waals surface area contributed by atoms with E-state index in [2.05, 4.69) is 10.6 Å². The number of nitrogens with zero attached hydrogens (tertiary/aromatic N) is 1. The lowest BCUT2D eigenvalue weighted by Gasteiger charge is -2.09. The first-order valence-electron chi connectivity index (χ1n) is 6.28. The molecule has 0 aromatic carbocycles. The zero-order chi connectivity index (χ0) is 14.4. The second-order valence-electron chi connectivity index (χ2n) is 4.39. The van der Waals surface area contributed by atoms with Gasteiger partial charge in [-0.2, -0.15) is 0 Å². The van der Waals surface area contributed by atoms with Gasteiger partial charge in [0.1, 0.15) is 5.69 Å². The molecular weight excluding hydrogens is 282 g/mol. The second-order valence-corrected chi connectivity index (χ2v) is 4.39. The normalized spacial score (nSPS) is 11.4. The Balaban J connectivity index is 0.00000361. The van der Waals surface area contributed by atoms with Crippen LogP contribution in [-0.4, -0.2) is 36.6 Å². The van der Waals surface area contributed by atoms with E-state index < -0.39 is 5.97 Å². The van der Waals surface area contributed by atoms with Gasteiger partial charge in [0.05, 0.1) is 12.3 Å². The number of esters is 1. The van der Waals surface area contributed by atoms with Gasteiger partial charge in [-0.25, -0.2) is 4.79 Å². The number of amides is 1. The molecule has 7 heteroatoms. The summed E-state index contributed by atoms with van der Waals surface area (Å²) in [6.45, 7) is 4.51. The fourth-order valence-electron chi connectivity index (χ4n) is 1.71. The van der Waals surface area contributed by atoms with E-state index in [1.54, 1.807) is 37.8 Å². The summed E-state index contributed by atoms with van der Waals surface area (Å²) in [6, 6.07) is 1.61. The van der Waals surface area contributed by atoms with Gasteiger partial charge in [-0.1, -0.05) is 6.92 Å². The standard InChI is InChI=1S/C13H21N3O3.ClH/c1-5-19-13(18)11-6-10(8-16(11)4)15-12(17)9(2)7-14-3;/h6,8-9,14H,5,7H2,1-4H3,(H,15,17);1H. The molecule has 0 radical (unpaired) electrons. The minimum absolute atomic E-state index is 0. The zero-order valence-electron chi connectivity index (χ0n) is 12.2. The Hall–Kier alpha value is -1.53. The number of hydrogen-bond acceptors (Lipinski definition) is 4. The first kappa shape index (κ1) is 18.5. The molecule has 1 rings (SSSR count). The Morgan fingerprint density at radius 1 is 1.45 bits per heavy atom. The minimum atomic E-state index is -0.395. The van der Waals surface area contributed by atoms with Crippen molar-refractivity contribution >= 4 is 30.0 Å². The van der Waals surface area contributed by atoms with Crippen molar-refractivity contribution in [2.45, 2.75) is 13.8 Å². The molecule has 1 amide bonds. The SMILES string of the molecule is CCOC(=O)c1cc(NC(=O)C(C)CNC)cn1C.Cl. The van der Waals surface area contributed by atoms with Crippen LogP contribution in [0.25, 0.3) is 0 Å². The first-order chi connectivity index (χ1) is 8.99. The van der Waals surface area contributed by atoms with Crippen molar-refractivity contribution < 1.29 is 14.3 Å². The summed E-state index contributed by atoms with van der Waals surface area (Å²) in [7, 11) is 3.53. The fraction of sp³-hybridized carbons (Fsp3) is 0.538. The molecule has 0 saturated carbocycles. The number of ether oxygens (including phenoxy) is 1. The Morgan fingerprint density at radius 2 is 2.10 bits per heavy atom. The number of halogens is 1. The molecule has 0 aliphatic heterocycles. The van der Waals surface area contributed by atoms with Crippen LogP contribution in [0.5, 0.6) is 0 Å². The van der Waals surface area contributed by atoms with E-state index in [0.29, 0.717) is 24.5 Å². The highest BCUT2D eigenvalue weighted by Gasteiger charge is 2.16. The summed E-state index contributed by atoms with van der Waals surface area (Å²) in [6.07, 6.45) is 1.69. The molecule has 114 valence electrons. The molecule has 0 aliphatic carbocycles. The van der Waals surface area contributed by atoms with Crippen molar-refractivity contribution in [3.63, 3.8) is 0 Å². The largest absolute Gasteiger partial charge is 0.461 e. The van der Waals surface area contributed by atoms with Crippen molar-refractivity contribution in [1.29, 1.82) is 0 Å². The van der Waals surface area contributed by atoms with Gasteiger partial charge in [-0.3, -0.25) is 4.79 Å². The quantitative estimate of drug-likeness (QED) is 0.780. The molecule has 2 N–H and O–H groups in total. The van der Waals surface area contributed by atoms with Gasteiger partial charge >= 0.3 is 5.97 Å². The predicted octanol–water partition coefficient (Wildman–Crippen LogP) is 1.42. The summed E-state index contributed by atoms with van der Waals surface area (Å²) >= 11 is 0. The summed E-state index contributed by atoms with van der Waals surface area (Å²) in [5.41, 5.74) is 1.01. The van der Waals surface area contributed by atoms with Gasteiger partial charge < -0.3 is 19.9 Å². The van der Waals surface area contributed by atoms with Crippen LogP contribution >= 0.6 is 12.4 Å². The van der Waals surface area contributed by atoms with Crippen molar-refractivity contribution in [3.8, 4) is 0 Å². The number of nitrogens with one attached hydrogen (secondary N) is 2. The summed E-state index contributed by atoms with van der Waals surface area (Å²) < 4.78 is 6.57. The highest BCUT2D eigenvalue weighted by atomic mass is 35.5. The number of anilines is 1. The molecule has 0 aliphatic rings. The third-order valence-corrected chi connectivity index (χ3v) is 2.71. The third kappa shape index (κ3) is 4.86. The van der Waals surface area contributed by atoms with Crippen LogP contribution in [0, 0.1) is 5.92 Å². The van der Waals surface area contributed by atoms with E-state index in [1.807, 2.05) is 6.92 Å². The van der Waals surface area contributed by atoms with E-state index in [9.17, 15) is 9.59 Å². The van der Waals surface area contributed by atoms with E-state index in [1.165, 1.54) is 0 Å². The maximum atomic E-state index is 11.8. The van der Waals surface area contributed by atoms with Gasteiger partial charge in [-0.15, -0.1) is 12.4 Å². The topological polar surface area (TPSA) is 72.4 Å². The lowest BCUT2D eigenvalue weighted by atomic mass is 10.1. The van der Waals surface area contributed by atoms with Crippen molar-refractivity contribution in [2.75, 3.05) is 25.5 Å². The highest BCUT2D eigenvalue weighted by molar-refractivity contribution is 5.95. The molecule has 1 aromatic heterocycles. The number of carbonyl (C=O) groups is 2. The van der Waals surface area contributed by atoms with E-state index in [-0.39, 0.29) is 24.2 Å². The van der Waals surface area contributed by atoms with Gasteiger partial charge in [0.15, 0.2) is 0 Å². The molecule has 6 nitrogen and oxygen atoms in total. The average molecular weight is 304 g/mol. The van der Waals surface area contributed by atoms with Crippen LogP contribution in [0.1, 0.15) is 24.3 Å². The van der Waals surface area contributed by atoms with Gasteiger partial charge in [0, 0.05) is 25.7 Å². The number of carbonyl (C=O) groups excluding carboxylic acids is 2. The van der Waals surface area contributed by atoms with Gasteiger partial charge in [0.2, 0.25) is 5.91 Å². The van der Waals surface area contributed by atoms with Crippen LogP contribution in [0.2, 0.25) is 0 Å². The number of rotatable bonds is 6. The Bertz CT molecular complexity index is 460. The molecule has 1 heterocycles. The molecule has 20 heavy (non-hydrogen) atoms. The highest BCUT2D eigenvalue weighted by Crippen LogP contribution is 2.14. The molecule has 0 saturated heterocycles. The van der Waals surface area contributed by atoms with Crippen LogP contribution < -0.4 is 10.6 Å². The van der Waals surface area contributed by atoms with E-state index >= 15 is 0 Å². The van der Waals surface area contributed by atoms with E-state index in [4.69, 9.17) is 4.74 Å². The zero-order valence-corrected chi connectivity index (χ0v) is 13.0. The molecule has 1 atom stereocenters. The van der Waals surface area contributed by atoms with E-state index in [0.717, 1.165) is 0 Å². The van der Waals surface area contributed by atoms with Crippen molar-refractivity contribution in [3.05, 3.63) is 18.0 Å². The summed E-state index contributed by atoms with van der Waals surface area (Å²) in [5.74, 6) is -0.625. The lowest BCUT2D eigenvalue weighted by Crippen LogP contribution is -2.28. The number of aryl methyl sites for hydroxylation is 1. The average Bonchev–Trinajstić information content (AvgIpc) is 2.70. The number of aromatic nitrogens is 1. The fourth-order valence-corrected chi connectivity index (χ4v) is 1.71. The molecular formula is C13H22ClN3O3. The molecule has 0 spiro atoms. The van der Waals surface area contributed by atoms with Crippen LogP contribution in [-0.2, 0) is 16.6 Å². The first-order valence-corrected chi connectivity index (χ1v) is 6.28. The van der Waals surface area contributed by atoms with Crippen LogP contribution in [0.4, 0.5) is 5.69 Å². The molecule has 1 unspecified atom stereocenters. The summed E-state index contributed by atoms with van der Waals surface area (Å²) in [5, 5.41) is 5.72. The molecule has 1 aromatic rings. The smallest absolute Gasteiger partial charge is 0.355 e. The van der Waals surface area contributed by atoms with Crippen molar-refractivity contribution in [2.24, 2.45) is 13.0 Å². The molecule has 0 fully saturated rings. The second kappa shape index (κ2) is 8.60. The summed E-state index contributed by atoms with van der Waals surface area (Å²) in [4.78, 5) is 23.5. The maximum Gasteiger partial charge on any atom is 0.355 e. The maximum absolute atomic E-state index is 11.8. The molecule has 0 bridgehead atoms. The third-order valence-electron chi connectivity index (χ3n) is 2.71. The monoisotopic (exact) mass is 303 g/mol. The van der Waals surface area contributed by atoms with Crippen LogP contribution in [0.3, 0.4) is 0 Å². The minimum Gasteiger partial charge on any atom is -0.461 e. The van der Waals surface area contributed by atoms with Crippen molar-refractivity contribution in [1.82, 2.24) is 9.88 Å². The van der Waals surface area contributed by atoms with Gasteiger partial charge in [-0.05, 0) is 20.0 Å².